The zero-order valence-corrected chi connectivity index (χ0v) is 7.20. The zero-order valence-electron chi connectivity index (χ0n) is 7.20. The molecule has 0 aliphatic carbocycles. The van der Waals surface area contributed by atoms with E-state index in [2.05, 4.69) is 27.7 Å². The van der Waals surface area contributed by atoms with Crippen molar-refractivity contribution >= 4 is 0 Å². The van der Waals surface area contributed by atoms with Gasteiger partial charge in [0.2, 0.25) is 0 Å². The number of hydrogen-bond acceptors (Lipinski definition) is 0. The Balaban J connectivity index is 3.16. The van der Waals surface area contributed by atoms with Gasteiger partial charge >= 0.3 is 0 Å². The van der Waals surface area contributed by atoms with Crippen LogP contribution in [0.15, 0.2) is 0 Å². The molecule has 0 heterocycles. The molecule has 0 nitrogen and oxygen atoms in total. The summed E-state index contributed by atoms with van der Waals surface area (Å²) >= 11 is 0. The van der Waals surface area contributed by atoms with Gasteiger partial charge in [-0.25, -0.2) is 0 Å². The van der Waals surface area contributed by atoms with E-state index in [1.165, 1.54) is 19.3 Å². The van der Waals surface area contributed by atoms with Gasteiger partial charge in [-0.15, -0.1) is 0 Å². The number of unbranched alkanes of at least 4 members (excludes halogenated alkanes) is 1. The van der Waals surface area contributed by atoms with Crippen LogP contribution in [0.4, 0.5) is 0 Å². The molecule has 0 aromatic rings. The van der Waals surface area contributed by atoms with Crippen LogP contribution in [0, 0.1) is 11.8 Å². The van der Waals surface area contributed by atoms with Crippen molar-refractivity contribution in [3.63, 3.8) is 0 Å². The lowest BCUT2D eigenvalue weighted by Crippen LogP contribution is -2.00. The third-order valence-electron chi connectivity index (χ3n) is 1.98. The van der Waals surface area contributed by atoms with E-state index in [1.807, 2.05) is 0 Å². The fourth-order valence-corrected chi connectivity index (χ4v) is 0.799. The summed E-state index contributed by atoms with van der Waals surface area (Å²) in [7, 11) is 0. The molecule has 9 heavy (non-hydrogen) atoms. The second kappa shape index (κ2) is 4.72. The molecule has 0 amide bonds. The van der Waals surface area contributed by atoms with Crippen molar-refractivity contribution in [2.45, 2.75) is 47.0 Å². The first-order chi connectivity index (χ1) is 4.18. The van der Waals surface area contributed by atoms with Gasteiger partial charge in [-0.2, -0.15) is 0 Å². The topological polar surface area (TPSA) is 0 Å². The van der Waals surface area contributed by atoms with Gasteiger partial charge < -0.3 is 0 Å². The van der Waals surface area contributed by atoms with Gasteiger partial charge in [0.1, 0.15) is 0 Å². The molecule has 1 atom stereocenters. The maximum Gasteiger partial charge on any atom is 0.0968 e. The maximum atomic E-state index is 2.31. The van der Waals surface area contributed by atoms with E-state index in [-0.39, 0.29) is 0 Å². The molecule has 1 unspecified atom stereocenters. The SMILES string of the molecule is CCCCC(C)[C+](C)C. The Hall–Kier alpha value is -0.130. The third-order valence-corrected chi connectivity index (χ3v) is 1.98. The summed E-state index contributed by atoms with van der Waals surface area (Å²) in [6.07, 6.45) is 4.09. The lowest BCUT2D eigenvalue weighted by molar-refractivity contribution is 0.522. The molecule has 0 fully saturated rings. The molecule has 0 saturated heterocycles. The fraction of sp³-hybridized carbons (Fsp3) is 0.889. The molecule has 0 spiro atoms. The van der Waals surface area contributed by atoms with Crippen LogP contribution in [0.5, 0.6) is 0 Å². The smallest absolute Gasteiger partial charge is 0.0654 e. The van der Waals surface area contributed by atoms with E-state index in [0.717, 1.165) is 5.92 Å². The predicted molar refractivity (Wildman–Crippen MR) is 43.3 cm³/mol. The van der Waals surface area contributed by atoms with Crippen LogP contribution in [-0.2, 0) is 0 Å². The molecule has 0 bridgehead atoms. The van der Waals surface area contributed by atoms with Crippen molar-refractivity contribution in [3.05, 3.63) is 5.92 Å². The first kappa shape index (κ1) is 8.87. The molecule has 0 saturated carbocycles. The van der Waals surface area contributed by atoms with Crippen molar-refractivity contribution < 1.29 is 0 Å². The lowest BCUT2D eigenvalue weighted by Gasteiger charge is -2.04. The monoisotopic (exact) mass is 127 g/mol. The predicted octanol–water partition coefficient (Wildman–Crippen LogP) is 3.43. The lowest BCUT2D eigenvalue weighted by atomic mass is 9.93. The first-order valence-corrected chi connectivity index (χ1v) is 3.98. The van der Waals surface area contributed by atoms with E-state index < -0.39 is 0 Å². The Kier molecular flexibility index (Phi) is 4.65. The van der Waals surface area contributed by atoms with Crippen LogP contribution in [0.3, 0.4) is 0 Å². The minimum Gasteiger partial charge on any atom is -0.0654 e. The fourth-order valence-electron chi connectivity index (χ4n) is 0.799. The van der Waals surface area contributed by atoms with Crippen LogP contribution in [0.25, 0.3) is 0 Å². The quantitative estimate of drug-likeness (QED) is 0.507. The molecule has 0 aliphatic rings. The second-order valence-corrected chi connectivity index (χ2v) is 3.12. The van der Waals surface area contributed by atoms with Gasteiger partial charge in [0, 0.05) is 0 Å². The minimum atomic E-state index is 0.838. The Morgan fingerprint density at radius 2 is 1.89 bits per heavy atom. The van der Waals surface area contributed by atoms with Crippen molar-refractivity contribution in [3.8, 4) is 0 Å². The van der Waals surface area contributed by atoms with Gasteiger partial charge in [0.25, 0.3) is 0 Å². The van der Waals surface area contributed by atoms with E-state index in [9.17, 15) is 0 Å². The van der Waals surface area contributed by atoms with E-state index in [4.69, 9.17) is 0 Å². The second-order valence-electron chi connectivity index (χ2n) is 3.12. The highest BCUT2D eigenvalue weighted by molar-refractivity contribution is 4.83. The summed E-state index contributed by atoms with van der Waals surface area (Å²) < 4.78 is 0. The summed E-state index contributed by atoms with van der Waals surface area (Å²) in [5, 5.41) is 0. The Morgan fingerprint density at radius 1 is 1.33 bits per heavy atom. The summed E-state index contributed by atoms with van der Waals surface area (Å²) in [6.45, 7) is 9.00. The van der Waals surface area contributed by atoms with Gasteiger partial charge in [-0.3, -0.25) is 0 Å². The van der Waals surface area contributed by atoms with Crippen molar-refractivity contribution in [2.75, 3.05) is 0 Å². The first-order valence-electron chi connectivity index (χ1n) is 3.98. The number of rotatable bonds is 4. The molecule has 0 aliphatic heterocycles. The van der Waals surface area contributed by atoms with Crippen LogP contribution in [0.2, 0.25) is 0 Å². The Labute approximate surface area is 59.7 Å². The largest absolute Gasteiger partial charge is 0.0968 e. The molecule has 0 heteroatoms. The van der Waals surface area contributed by atoms with Gasteiger partial charge in [-0.1, -0.05) is 13.3 Å². The third kappa shape index (κ3) is 4.38. The van der Waals surface area contributed by atoms with Crippen molar-refractivity contribution in [1.29, 1.82) is 0 Å². The van der Waals surface area contributed by atoms with Crippen molar-refractivity contribution in [1.82, 2.24) is 0 Å². The maximum absolute atomic E-state index is 2.31. The van der Waals surface area contributed by atoms with E-state index >= 15 is 0 Å². The standard InChI is InChI=1S/C9H19/c1-5-6-7-9(4)8(2)3/h9H,5-7H2,1-4H3/q+1. The normalized spacial score (nSPS) is 13.3. The average Bonchev–Trinajstić information content (AvgIpc) is 1.82. The van der Waals surface area contributed by atoms with Crippen LogP contribution in [-0.4, -0.2) is 0 Å². The summed E-state index contributed by atoms with van der Waals surface area (Å²) in [5.41, 5.74) is 0. The highest BCUT2D eigenvalue weighted by atomic mass is 14.1. The Morgan fingerprint density at radius 3 is 2.22 bits per heavy atom. The highest BCUT2D eigenvalue weighted by Gasteiger charge is 2.14. The summed E-state index contributed by atoms with van der Waals surface area (Å²) in [4.78, 5) is 0. The summed E-state index contributed by atoms with van der Waals surface area (Å²) in [5.74, 6) is 2.41. The molecule has 0 N–H and O–H groups in total. The van der Waals surface area contributed by atoms with Crippen LogP contribution >= 0.6 is 0 Å². The molecule has 0 aromatic heterocycles. The molecule has 54 valence electrons. The molecule has 0 aromatic carbocycles. The van der Waals surface area contributed by atoms with Gasteiger partial charge in [0.05, 0.1) is 25.7 Å². The average molecular weight is 127 g/mol. The molecule has 0 rings (SSSR count). The van der Waals surface area contributed by atoms with E-state index in [0.29, 0.717) is 0 Å². The van der Waals surface area contributed by atoms with Crippen molar-refractivity contribution in [2.24, 2.45) is 5.92 Å². The zero-order chi connectivity index (χ0) is 7.28. The molecular formula is C9H19+. The van der Waals surface area contributed by atoms with Gasteiger partial charge in [-0.05, 0) is 19.8 Å². The number of hydrogen-bond donors (Lipinski definition) is 0. The van der Waals surface area contributed by atoms with Crippen LogP contribution in [0.1, 0.15) is 47.0 Å². The minimum absolute atomic E-state index is 0.838. The Bertz CT molecular complexity index is 55.1. The van der Waals surface area contributed by atoms with Gasteiger partial charge in [0.15, 0.2) is 0 Å². The highest BCUT2D eigenvalue weighted by Crippen LogP contribution is 2.18. The molecular weight excluding hydrogens is 108 g/mol. The summed E-state index contributed by atoms with van der Waals surface area (Å²) in [6, 6.07) is 0. The van der Waals surface area contributed by atoms with E-state index in [1.54, 1.807) is 5.92 Å². The molecule has 0 radical (unpaired) electrons. The van der Waals surface area contributed by atoms with Crippen LogP contribution < -0.4 is 0 Å².